The Kier molecular flexibility index (Phi) is 4.19. The normalized spacial score (nSPS) is 12.4. The Labute approximate surface area is 134 Å². The number of ketones is 1. The van der Waals surface area contributed by atoms with Crippen molar-refractivity contribution in [1.29, 1.82) is 0 Å². The first-order valence-electron chi connectivity index (χ1n) is 7.19. The maximum absolute atomic E-state index is 11.8. The van der Waals surface area contributed by atoms with Gasteiger partial charge in [0.25, 0.3) is 0 Å². The molecule has 0 unspecified atom stereocenters. The van der Waals surface area contributed by atoms with E-state index in [4.69, 9.17) is 14.2 Å². The zero-order valence-corrected chi connectivity index (χ0v) is 13.0. The van der Waals surface area contributed by atoms with Crippen molar-refractivity contribution >= 4 is 17.5 Å². The molecule has 1 aliphatic heterocycles. The Morgan fingerprint density at radius 3 is 2.52 bits per heavy atom. The van der Waals surface area contributed by atoms with E-state index < -0.39 is 0 Å². The molecule has 5 nitrogen and oxygen atoms in total. The highest BCUT2D eigenvalue weighted by atomic mass is 16.7. The van der Waals surface area contributed by atoms with Crippen molar-refractivity contribution in [3.8, 4) is 17.2 Å². The highest BCUT2D eigenvalue weighted by Crippen LogP contribution is 2.37. The highest BCUT2D eigenvalue weighted by Gasteiger charge is 2.18. The average Bonchev–Trinajstić information content (AvgIpc) is 3.02. The quantitative estimate of drug-likeness (QED) is 0.853. The second kappa shape index (κ2) is 6.44. The van der Waals surface area contributed by atoms with Gasteiger partial charge in [0.2, 0.25) is 6.79 Å². The van der Waals surface area contributed by atoms with E-state index in [1.54, 1.807) is 25.4 Å². The lowest BCUT2D eigenvalue weighted by molar-refractivity contribution is 0.101. The van der Waals surface area contributed by atoms with Crippen LogP contribution >= 0.6 is 0 Å². The number of Topliss-reactive ketones (excluding diaryl/α,β-unsaturated/α-hetero) is 1. The van der Waals surface area contributed by atoms with Crippen molar-refractivity contribution in [3.05, 3.63) is 53.7 Å². The molecule has 2 aromatic carbocycles. The first-order valence-corrected chi connectivity index (χ1v) is 7.19. The molecular weight excluding hydrogens is 294 g/mol. The van der Waals surface area contributed by atoms with Crippen LogP contribution in [0.2, 0.25) is 0 Å². The number of carbonyl (C=O) groups excluding carboxylic acids is 1. The van der Waals surface area contributed by atoms with E-state index >= 15 is 0 Å². The van der Waals surface area contributed by atoms with Gasteiger partial charge in [-0.2, -0.15) is 0 Å². The molecule has 0 amide bonds. The Balaban J connectivity index is 1.79. The largest absolute Gasteiger partial charge is 0.497 e. The Bertz CT molecular complexity index is 750. The highest BCUT2D eigenvalue weighted by molar-refractivity contribution is 6.00. The zero-order chi connectivity index (χ0) is 16.2. The van der Waals surface area contributed by atoms with E-state index in [1.165, 1.54) is 6.92 Å². The molecule has 0 aliphatic carbocycles. The fourth-order valence-corrected chi connectivity index (χ4v) is 2.30. The van der Waals surface area contributed by atoms with Gasteiger partial charge in [-0.05, 0) is 36.8 Å². The molecular formula is C18H17NO4. The number of hydrogen-bond donors (Lipinski definition) is 1. The molecule has 118 valence electrons. The lowest BCUT2D eigenvalue weighted by atomic mass is 10.1. The van der Waals surface area contributed by atoms with Gasteiger partial charge in [0, 0.05) is 17.8 Å². The standard InChI is InChI=1S/C18H17NO4/c1-12(20)15-9-17-18(23-11-22-17)10-16(15)19-8-7-13-3-5-14(21-2)6-4-13/h3-10,19H,11H2,1-2H3. The average molecular weight is 311 g/mol. The minimum absolute atomic E-state index is 0.0383. The summed E-state index contributed by atoms with van der Waals surface area (Å²) in [6, 6.07) is 11.2. The van der Waals surface area contributed by atoms with Crippen LogP contribution in [-0.4, -0.2) is 19.7 Å². The van der Waals surface area contributed by atoms with E-state index in [0.717, 1.165) is 11.3 Å². The summed E-state index contributed by atoms with van der Waals surface area (Å²) >= 11 is 0. The Morgan fingerprint density at radius 1 is 1.17 bits per heavy atom. The van der Waals surface area contributed by atoms with Gasteiger partial charge < -0.3 is 19.5 Å². The van der Waals surface area contributed by atoms with Crippen LogP contribution in [0.1, 0.15) is 22.8 Å². The lowest BCUT2D eigenvalue weighted by Gasteiger charge is -2.08. The van der Waals surface area contributed by atoms with Crippen LogP contribution in [0.15, 0.2) is 42.6 Å². The number of carbonyl (C=O) groups is 1. The molecule has 23 heavy (non-hydrogen) atoms. The molecule has 5 heteroatoms. The molecule has 0 bridgehead atoms. The minimum Gasteiger partial charge on any atom is -0.497 e. The molecule has 0 radical (unpaired) electrons. The van der Waals surface area contributed by atoms with Gasteiger partial charge in [-0.1, -0.05) is 12.1 Å². The second-order valence-electron chi connectivity index (χ2n) is 5.06. The fourth-order valence-electron chi connectivity index (χ4n) is 2.30. The summed E-state index contributed by atoms with van der Waals surface area (Å²) < 4.78 is 15.8. The van der Waals surface area contributed by atoms with Crippen molar-refractivity contribution in [2.45, 2.75) is 6.92 Å². The minimum atomic E-state index is -0.0383. The van der Waals surface area contributed by atoms with Crippen molar-refractivity contribution in [3.63, 3.8) is 0 Å². The lowest BCUT2D eigenvalue weighted by Crippen LogP contribution is -1.99. The summed E-state index contributed by atoms with van der Waals surface area (Å²) in [7, 11) is 1.63. The number of fused-ring (bicyclic) bond motifs is 1. The first-order chi connectivity index (χ1) is 11.2. The maximum atomic E-state index is 11.8. The van der Waals surface area contributed by atoms with Crippen molar-refractivity contribution in [2.75, 3.05) is 19.2 Å². The summed E-state index contributed by atoms with van der Waals surface area (Å²) in [5.41, 5.74) is 2.27. The summed E-state index contributed by atoms with van der Waals surface area (Å²) in [4.78, 5) is 11.8. The monoisotopic (exact) mass is 311 g/mol. The van der Waals surface area contributed by atoms with E-state index in [9.17, 15) is 4.79 Å². The van der Waals surface area contributed by atoms with Crippen LogP contribution in [0, 0.1) is 0 Å². The van der Waals surface area contributed by atoms with Crippen LogP contribution in [0.4, 0.5) is 5.69 Å². The molecule has 1 heterocycles. The maximum Gasteiger partial charge on any atom is 0.231 e. The van der Waals surface area contributed by atoms with Gasteiger partial charge in [-0.3, -0.25) is 4.79 Å². The molecule has 0 saturated heterocycles. The van der Waals surface area contributed by atoms with Crippen LogP contribution in [0.5, 0.6) is 17.2 Å². The molecule has 0 spiro atoms. The molecule has 0 aromatic heterocycles. The van der Waals surface area contributed by atoms with E-state index in [-0.39, 0.29) is 12.6 Å². The van der Waals surface area contributed by atoms with Crippen molar-refractivity contribution < 1.29 is 19.0 Å². The number of nitrogens with one attached hydrogen (secondary N) is 1. The van der Waals surface area contributed by atoms with E-state index in [0.29, 0.717) is 22.7 Å². The Morgan fingerprint density at radius 2 is 1.87 bits per heavy atom. The van der Waals surface area contributed by atoms with Crippen LogP contribution in [-0.2, 0) is 0 Å². The van der Waals surface area contributed by atoms with Gasteiger partial charge >= 0.3 is 0 Å². The SMILES string of the molecule is COc1ccc(C=CNc2cc3c(cc2C(C)=O)OCO3)cc1. The van der Waals surface area contributed by atoms with Crippen molar-refractivity contribution in [1.82, 2.24) is 0 Å². The number of hydrogen-bond acceptors (Lipinski definition) is 5. The smallest absolute Gasteiger partial charge is 0.231 e. The third-order valence-electron chi connectivity index (χ3n) is 3.52. The zero-order valence-electron chi connectivity index (χ0n) is 13.0. The third kappa shape index (κ3) is 3.29. The van der Waals surface area contributed by atoms with Gasteiger partial charge in [-0.15, -0.1) is 0 Å². The van der Waals surface area contributed by atoms with Crippen LogP contribution in [0.25, 0.3) is 6.08 Å². The van der Waals surface area contributed by atoms with Gasteiger partial charge in [0.1, 0.15) is 5.75 Å². The topological polar surface area (TPSA) is 56.8 Å². The summed E-state index contributed by atoms with van der Waals surface area (Å²) in [5, 5.41) is 3.13. The fraction of sp³-hybridized carbons (Fsp3) is 0.167. The number of ether oxygens (including phenoxy) is 3. The molecule has 0 atom stereocenters. The molecule has 0 saturated carbocycles. The Hall–Kier alpha value is -2.95. The molecule has 0 fully saturated rings. The first kappa shape index (κ1) is 15.0. The number of rotatable bonds is 5. The van der Waals surface area contributed by atoms with Gasteiger partial charge in [0.05, 0.1) is 12.8 Å². The summed E-state index contributed by atoms with van der Waals surface area (Å²) in [6.07, 6.45) is 3.69. The molecule has 3 rings (SSSR count). The van der Waals surface area contributed by atoms with Crippen LogP contribution < -0.4 is 19.5 Å². The summed E-state index contributed by atoms with van der Waals surface area (Å²) in [5.74, 6) is 2.00. The number of benzene rings is 2. The predicted octanol–water partition coefficient (Wildman–Crippen LogP) is 3.71. The van der Waals surface area contributed by atoms with E-state index in [1.807, 2.05) is 30.3 Å². The number of anilines is 1. The van der Waals surface area contributed by atoms with Gasteiger partial charge in [0.15, 0.2) is 17.3 Å². The summed E-state index contributed by atoms with van der Waals surface area (Å²) in [6.45, 7) is 1.70. The number of methoxy groups -OCH3 is 1. The third-order valence-corrected chi connectivity index (χ3v) is 3.52. The van der Waals surface area contributed by atoms with E-state index in [2.05, 4.69) is 5.32 Å². The molecule has 1 N–H and O–H groups in total. The predicted molar refractivity (Wildman–Crippen MR) is 88.2 cm³/mol. The van der Waals surface area contributed by atoms with Crippen LogP contribution in [0.3, 0.4) is 0 Å². The molecule has 1 aliphatic rings. The van der Waals surface area contributed by atoms with Crippen molar-refractivity contribution in [2.24, 2.45) is 0 Å². The van der Waals surface area contributed by atoms with Gasteiger partial charge in [-0.25, -0.2) is 0 Å². The molecule has 2 aromatic rings. The second-order valence-corrected chi connectivity index (χ2v) is 5.06.